The van der Waals surface area contributed by atoms with Crippen molar-refractivity contribution >= 4 is 8.73 Å². The van der Waals surface area contributed by atoms with E-state index >= 15 is 0 Å². The van der Waals surface area contributed by atoms with Crippen LogP contribution in [0.1, 0.15) is 19.3 Å². The Hall–Kier alpha value is 0.390. The molecule has 1 aliphatic rings. The molecule has 0 saturated carbocycles. The van der Waals surface area contributed by atoms with E-state index in [-0.39, 0.29) is 0 Å². The number of rotatable bonds is 0. The van der Waals surface area contributed by atoms with Crippen molar-refractivity contribution in [2.75, 3.05) is 12.7 Å². The summed E-state index contributed by atoms with van der Waals surface area (Å²) in [5.41, 5.74) is 0. The van der Waals surface area contributed by atoms with Crippen molar-refractivity contribution in [1.82, 2.24) is 5.09 Å². The van der Waals surface area contributed by atoms with E-state index in [9.17, 15) is 0 Å². The monoisotopic (exact) mass is 117 g/mol. The molecule has 1 rings (SSSR count). The zero-order chi connectivity index (χ0) is 4.95. The Bertz CT molecular complexity index is 27.7. The third-order valence-corrected chi connectivity index (χ3v) is 2.33. The van der Waals surface area contributed by atoms with E-state index in [1.165, 1.54) is 32.0 Å². The Balaban J connectivity index is 2.04. The van der Waals surface area contributed by atoms with Gasteiger partial charge in [-0.2, -0.15) is 0 Å². The molecule has 1 heterocycles. The molecule has 1 atom stereocenters. The highest BCUT2D eigenvalue weighted by molar-refractivity contribution is 7.35. The van der Waals surface area contributed by atoms with Crippen LogP contribution in [0.15, 0.2) is 0 Å². The van der Waals surface area contributed by atoms with Crippen LogP contribution in [0.25, 0.3) is 0 Å². The van der Waals surface area contributed by atoms with Gasteiger partial charge < -0.3 is 0 Å². The summed E-state index contributed by atoms with van der Waals surface area (Å²) in [5.74, 6) is 0. The van der Waals surface area contributed by atoms with Gasteiger partial charge in [-0.1, -0.05) is 15.2 Å². The minimum atomic E-state index is 1.04. The zero-order valence-corrected chi connectivity index (χ0v) is 5.54. The first-order valence-electron chi connectivity index (χ1n) is 2.96. The fourth-order valence-electron chi connectivity index (χ4n) is 0.780. The highest BCUT2D eigenvalue weighted by atomic mass is 31.1. The molecule has 42 valence electrons. The lowest BCUT2D eigenvalue weighted by molar-refractivity contribution is 0.733. The van der Waals surface area contributed by atoms with Gasteiger partial charge in [0.1, 0.15) is 0 Å². The van der Waals surface area contributed by atoms with Crippen molar-refractivity contribution in [2.24, 2.45) is 0 Å². The lowest BCUT2D eigenvalue weighted by Crippen LogP contribution is -1.99. The van der Waals surface area contributed by atoms with Gasteiger partial charge in [-0.05, 0) is 25.5 Å². The van der Waals surface area contributed by atoms with Gasteiger partial charge in [-0.3, -0.25) is 5.09 Å². The number of hydrogen-bond acceptors (Lipinski definition) is 1. The van der Waals surface area contributed by atoms with Crippen LogP contribution in [-0.2, 0) is 0 Å². The molecule has 1 aliphatic heterocycles. The first-order valence-corrected chi connectivity index (χ1v) is 4.16. The molecule has 1 N–H and O–H groups in total. The molecule has 0 bridgehead atoms. The van der Waals surface area contributed by atoms with Crippen molar-refractivity contribution in [2.45, 2.75) is 19.3 Å². The van der Waals surface area contributed by atoms with E-state index in [0.717, 1.165) is 8.73 Å². The molecule has 7 heavy (non-hydrogen) atoms. The standard InChI is InChI=1S/C5H12NP/c1-2-4-6-7-5-3-1/h6-7H,1-5H2. The Kier molecular flexibility index (Phi) is 2.68. The van der Waals surface area contributed by atoms with Crippen molar-refractivity contribution in [3.63, 3.8) is 0 Å². The van der Waals surface area contributed by atoms with Crippen LogP contribution in [-0.4, -0.2) is 12.7 Å². The minimum absolute atomic E-state index is 1.04. The molecule has 0 radical (unpaired) electrons. The highest BCUT2D eigenvalue weighted by Crippen LogP contribution is 2.12. The first kappa shape index (κ1) is 5.53. The van der Waals surface area contributed by atoms with Gasteiger partial charge in [-0.15, -0.1) is 0 Å². The summed E-state index contributed by atoms with van der Waals surface area (Å²) in [4.78, 5) is 0. The summed E-state index contributed by atoms with van der Waals surface area (Å²) in [5, 5.41) is 3.38. The fraction of sp³-hybridized carbons (Fsp3) is 1.00. The van der Waals surface area contributed by atoms with Crippen LogP contribution in [0, 0.1) is 0 Å². The molecular formula is C5H12NP. The Morgan fingerprint density at radius 3 is 3.14 bits per heavy atom. The normalized spacial score (nSPS) is 27.4. The van der Waals surface area contributed by atoms with Crippen LogP contribution in [0.4, 0.5) is 0 Å². The molecule has 0 aromatic rings. The van der Waals surface area contributed by atoms with Gasteiger partial charge in [0.25, 0.3) is 0 Å². The summed E-state index contributed by atoms with van der Waals surface area (Å²) < 4.78 is 0. The maximum atomic E-state index is 3.38. The van der Waals surface area contributed by atoms with Crippen LogP contribution in [0.3, 0.4) is 0 Å². The molecule has 2 heteroatoms. The van der Waals surface area contributed by atoms with Gasteiger partial charge in [0.15, 0.2) is 0 Å². The van der Waals surface area contributed by atoms with E-state index < -0.39 is 0 Å². The van der Waals surface area contributed by atoms with Crippen LogP contribution >= 0.6 is 8.73 Å². The third kappa shape index (κ3) is 2.25. The molecule has 0 spiro atoms. The Morgan fingerprint density at radius 1 is 1.14 bits per heavy atom. The smallest absolute Gasteiger partial charge is 0.00122 e. The second kappa shape index (κ2) is 3.40. The van der Waals surface area contributed by atoms with Gasteiger partial charge in [0, 0.05) is 0 Å². The van der Waals surface area contributed by atoms with Crippen LogP contribution < -0.4 is 5.09 Å². The molecule has 1 fully saturated rings. The van der Waals surface area contributed by atoms with Gasteiger partial charge in [0.05, 0.1) is 0 Å². The predicted molar refractivity (Wildman–Crippen MR) is 35.0 cm³/mol. The van der Waals surface area contributed by atoms with E-state index in [0.29, 0.717) is 0 Å². The van der Waals surface area contributed by atoms with E-state index in [2.05, 4.69) is 5.09 Å². The summed E-state index contributed by atoms with van der Waals surface area (Å²) in [7, 11) is 1.04. The van der Waals surface area contributed by atoms with E-state index in [4.69, 9.17) is 0 Å². The largest absolute Gasteiger partial charge is 0.298 e. The minimum Gasteiger partial charge on any atom is -0.298 e. The molecule has 1 nitrogen and oxygen atoms in total. The highest BCUT2D eigenvalue weighted by Gasteiger charge is 1.93. The summed E-state index contributed by atoms with van der Waals surface area (Å²) in [6.07, 6.45) is 5.71. The zero-order valence-electron chi connectivity index (χ0n) is 4.54. The van der Waals surface area contributed by atoms with Gasteiger partial charge >= 0.3 is 0 Å². The quantitative estimate of drug-likeness (QED) is 0.472. The van der Waals surface area contributed by atoms with E-state index in [1.54, 1.807) is 0 Å². The van der Waals surface area contributed by atoms with E-state index in [1.807, 2.05) is 0 Å². The molecule has 0 aromatic carbocycles. The maximum Gasteiger partial charge on any atom is -0.00122 e. The third-order valence-electron chi connectivity index (χ3n) is 1.23. The molecule has 1 saturated heterocycles. The Labute approximate surface area is 46.7 Å². The van der Waals surface area contributed by atoms with Crippen molar-refractivity contribution in [3.05, 3.63) is 0 Å². The Morgan fingerprint density at radius 2 is 2.14 bits per heavy atom. The average Bonchev–Trinajstić information content (AvgIpc) is 1.90. The van der Waals surface area contributed by atoms with Gasteiger partial charge in [-0.25, -0.2) is 0 Å². The molecule has 0 aromatic heterocycles. The molecule has 0 aliphatic carbocycles. The van der Waals surface area contributed by atoms with Crippen molar-refractivity contribution < 1.29 is 0 Å². The van der Waals surface area contributed by atoms with Crippen molar-refractivity contribution in [1.29, 1.82) is 0 Å². The summed E-state index contributed by atoms with van der Waals surface area (Å²) in [6.45, 7) is 1.26. The lowest BCUT2D eigenvalue weighted by atomic mass is 10.3. The van der Waals surface area contributed by atoms with Crippen LogP contribution in [0.2, 0.25) is 0 Å². The maximum absolute atomic E-state index is 3.38. The predicted octanol–water partition coefficient (Wildman–Crippen LogP) is 1.35. The second-order valence-corrected chi connectivity index (χ2v) is 3.12. The lowest BCUT2D eigenvalue weighted by Gasteiger charge is -1.92. The topological polar surface area (TPSA) is 12.0 Å². The number of nitrogens with one attached hydrogen (secondary N) is 1. The average molecular weight is 117 g/mol. The second-order valence-electron chi connectivity index (χ2n) is 1.91. The summed E-state index contributed by atoms with van der Waals surface area (Å²) in [6, 6.07) is 0. The SMILES string of the molecule is C1CCNPCC1. The fourth-order valence-corrected chi connectivity index (χ4v) is 1.74. The molecule has 1 unspecified atom stereocenters. The van der Waals surface area contributed by atoms with Crippen LogP contribution in [0.5, 0.6) is 0 Å². The first-order chi connectivity index (χ1) is 3.50. The van der Waals surface area contributed by atoms with Crippen molar-refractivity contribution in [3.8, 4) is 0 Å². The summed E-state index contributed by atoms with van der Waals surface area (Å²) >= 11 is 0. The van der Waals surface area contributed by atoms with Gasteiger partial charge in [0.2, 0.25) is 0 Å². The molecule has 0 amide bonds. The molecular weight excluding hydrogens is 105 g/mol. The number of hydrogen-bond donors (Lipinski definition) is 1.